The van der Waals surface area contributed by atoms with Crippen molar-refractivity contribution < 1.29 is 4.79 Å². The van der Waals surface area contributed by atoms with E-state index in [1.807, 2.05) is 0 Å². The van der Waals surface area contributed by atoms with Crippen molar-refractivity contribution in [3.63, 3.8) is 0 Å². The molecule has 0 aliphatic carbocycles. The number of piperidine rings is 2. The maximum Gasteiger partial charge on any atom is 0.237 e. The smallest absolute Gasteiger partial charge is 0.237 e. The van der Waals surface area contributed by atoms with E-state index in [9.17, 15) is 4.79 Å². The number of hydrogen-bond acceptors (Lipinski definition) is 3. The Morgan fingerprint density at radius 2 is 1.95 bits per heavy atom. The molecule has 2 fully saturated rings. The summed E-state index contributed by atoms with van der Waals surface area (Å²) < 4.78 is 0. The predicted molar refractivity (Wildman–Crippen MR) is 82.7 cm³/mol. The molecule has 0 radical (unpaired) electrons. The van der Waals surface area contributed by atoms with Gasteiger partial charge in [-0.15, -0.1) is 0 Å². The molecule has 2 heterocycles. The van der Waals surface area contributed by atoms with Crippen LogP contribution in [0, 0.1) is 11.8 Å². The van der Waals surface area contributed by atoms with Crippen molar-refractivity contribution in [3.05, 3.63) is 0 Å². The van der Waals surface area contributed by atoms with Crippen LogP contribution in [0.1, 0.15) is 46.0 Å². The highest BCUT2D eigenvalue weighted by atomic mass is 16.2. The van der Waals surface area contributed by atoms with Crippen LogP contribution >= 0.6 is 0 Å². The molecule has 2 aliphatic heterocycles. The van der Waals surface area contributed by atoms with Crippen LogP contribution in [0.2, 0.25) is 0 Å². The van der Waals surface area contributed by atoms with Gasteiger partial charge in [-0.25, -0.2) is 0 Å². The van der Waals surface area contributed by atoms with E-state index in [-0.39, 0.29) is 11.9 Å². The number of carbonyl (C=O) groups is 1. The first kappa shape index (κ1) is 15.8. The average molecular weight is 281 g/mol. The van der Waals surface area contributed by atoms with Crippen molar-refractivity contribution in [2.24, 2.45) is 11.8 Å². The summed E-state index contributed by atoms with van der Waals surface area (Å²) in [4.78, 5) is 14.7. The van der Waals surface area contributed by atoms with Crippen LogP contribution in [-0.4, -0.2) is 49.6 Å². The largest absolute Gasteiger partial charge is 0.354 e. The van der Waals surface area contributed by atoms with Gasteiger partial charge in [0.25, 0.3) is 0 Å². The Balaban J connectivity index is 1.67. The molecule has 4 heteroatoms. The number of carbonyl (C=O) groups excluding carboxylic acids is 1. The van der Waals surface area contributed by atoms with E-state index in [1.165, 1.54) is 38.8 Å². The van der Waals surface area contributed by atoms with Gasteiger partial charge in [0.05, 0.1) is 6.04 Å². The molecule has 2 unspecified atom stereocenters. The predicted octanol–water partition coefficient (Wildman–Crippen LogP) is 1.61. The van der Waals surface area contributed by atoms with E-state index >= 15 is 0 Å². The molecule has 4 nitrogen and oxygen atoms in total. The summed E-state index contributed by atoms with van der Waals surface area (Å²) in [6.45, 7) is 9.85. The zero-order chi connectivity index (χ0) is 14.4. The maximum absolute atomic E-state index is 12.2. The highest BCUT2D eigenvalue weighted by Gasteiger charge is 2.26. The second-order valence-electron chi connectivity index (χ2n) is 6.43. The number of rotatable bonds is 5. The fourth-order valence-electron chi connectivity index (χ4n) is 3.44. The molecule has 116 valence electrons. The van der Waals surface area contributed by atoms with Crippen molar-refractivity contribution >= 4 is 5.91 Å². The molecule has 2 atom stereocenters. The van der Waals surface area contributed by atoms with Crippen molar-refractivity contribution in [1.82, 2.24) is 15.5 Å². The van der Waals surface area contributed by atoms with Gasteiger partial charge in [-0.1, -0.05) is 20.3 Å². The molecule has 0 bridgehead atoms. The Morgan fingerprint density at radius 3 is 2.60 bits per heavy atom. The quantitative estimate of drug-likeness (QED) is 0.805. The zero-order valence-electron chi connectivity index (χ0n) is 13.2. The minimum atomic E-state index is 0.0458. The number of nitrogens with zero attached hydrogens (tertiary/aromatic N) is 1. The lowest BCUT2D eigenvalue weighted by Crippen LogP contribution is -2.50. The fraction of sp³-hybridized carbons (Fsp3) is 0.938. The van der Waals surface area contributed by atoms with Crippen molar-refractivity contribution in [1.29, 1.82) is 0 Å². The van der Waals surface area contributed by atoms with Gasteiger partial charge < -0.3 is 15.5 Å². The molecule has 0 saturated carbocycles. The van der Waals surface area contributed by atoms with Gasteiger partial charge in [0.15, 0.2) is 0 Å². The number of hydrogen-bond donors (Lipinski definition) is 2. The summed E-state index contributed by atoms with van der Waals surface area (Å²) >= 11 is 0. The Bertz CT molecular complexity index is 300. The average Bonchev–Trinajstić information content (AvgIpc) is 2.53. The van der Waals surface area contributed by atoms with Gasteiger partial charge in [0.1, 0.15) is 0 Å². The molecule has 2 aliphatic rings. The lowest BCUT2D eigenvalue weighted by Gasteiger charge is -2.32. The Kier molecular flexibility index (Phi) is 6.30. The molecule has 0 aromatic carbocycles. The zero-order valence-corrected chi connectivity index (χ0v) is 13.2. The summed E-state index contributed by atoms with van der Waals surface area (Å²) in [6.07, 6.45) is 5.88. The summed E-state index contributed by atoms with van der Waals surface area (Å²) in [5, 5.41) is 6.55. The molecular weight excluding hydrogens is 250 g/mol. The van der Waals surface area contributed by atoms with Crippen LogP contribution in [0.4, 0.5) is 0 Å². The molecule has 2 N–H and O–H groups in total. The number of amides is 1. The third-order valence-electron chi connectivity index (χ3n) is 5.13. The van der Waals surface area contributed by atoms with E-state index in [1.54, 1.807) is 0 Å². The van der Waals surface area contributed by atoms with Crippen molar-refractivity contribution in [2.45, 2.75) is 52.0 Å². The summed E-state index contributed by atoms with van der Waals surface area (Å²) in [6, 6.07) is 0.0458. The number of likely N-dealkylation sites (tertiary alicyclic amines) is 1. The van der Waals surface area contributed by atoms with Crippen molar-refractivity contribution in [2.75, 3.05) is 32.7 Å². The number of nitrogens with one attached hydrogen (secondary N) is 2. The second-order valence-corrected chi connectivity index (χ2v) is 6.43. The van der Waals surface area contributed by atoms with Gasteiger partial charge in [-0.2, -0.15) is 0 Å². The molecule has 0 aromatic rings. The van der Waals surface area contributed by atoms with Crippen molar-refractivity contribution in [3.8, 4) is 0 Å². The molecular formula is C16H31N3O. The highest BCUT2D eigenvalue weighted by Crippen LogP contribution is 2.20. The van der Waals surface area contributed by atoms with E-state index in [4.69, 9.17) is 0 Å². The second kappa shape index (κ2) is 7.99. The van der Waals surface area contributed by atoms with Gasteiger partial charge in [0.2, 0.25) is 5.91 Å². The maximum atomic E-state index is 12.2. The van der Waals surface area contributed by atoms with Gasteiger partial charge >= 0.3 is 0 Å². The fourth-order valence-corrected chi connectivity index (χ4v) is 3.44. The minimum Gasteiger partial charge on any atom is -0.354 e. The van der Waals surface area contributed by atoms with Gasteiger partial charge in [-0.05, 0) is 63.7 Å². The van der Waals surface area contributed by atoms with E-state index < -0.39 is 0 Å². The lowest BCUT2D eigenvalue weighted by molar-refractivity contribution is -0.124. The molecule has 0 aromatic heterocycles. The first-order chi connectivity index (χ1) is 9.72. The Labute approximate surface area is 123 Å². The summed E-state index contributed by atoms with van der Waals surface area (Å²) in [5.41, 5.74) is 0. The normalized spacial score (nSPS) is 29.3. The molecule has 2 rings (SSSR count). The van der Waals surface area contributed by atoms with E-state index in [0.717, 1.165) is 32.0 Å². The highest BCUT2D eigenvalue weighted by molar-refractivity contribution is 5.81. The van der Waals surface area contributed by atoms with Gasteiger partial charge in [0, 0.05) is 6.54 Å². The minimum absolute atomic E-state index is 0.0458. The van der Waals surface area contributed by atoms with Crippen LogP contribution in [0.3, 0.4) is 0 Å². The summed E-state index contributed by atoms with van der Waals surface area (Å²) in [7, 11) is 0. The monoisotopic (exact) mass is 281 g/mol. The van der Waals surface area contributed by atoms with Crippen LogP contribution in [0.5, 0.6) is 0 Å². The molecule has 20 heavy (non-hydrogen) atoms. The third kappa shape index (κ3) is 4.45. The van der Waals surface area contributed by atoms with E-state index in [2.05, 4.69) is 29.4 Å². The molecule has 1 amide bonds. The summed E-state index contributed by atoms with van der Waals surface area (Å²) in [5.74, 6) is 1.62. The first-order valence-corrected chi connectivity index (χ1v) is 8.46. The lowest BCUT2D eigenvalue weighted by atomic mass is 9.90. The molecule has 2 saturated heterocycles. The van der Waals surface area contributed by atoms with Gasteiger partial charge in [-0.3, -0.25) is 4.79 Å². The van der Waals surface area contributed by atoms with Crippen LogP contribution in [0.25, 0.3) is 0 Å². The Hall–Kier alpha value is -0.610. The molecule has 0 spiro atoms. The SMILES string of the molecule is CCC1CCNC(C(=O)NCC2CCN(CC)CC2)C1. The topological polar surface area (TPSA) is 44.4 Å². The van der Waals surface area contributed by atoms with E-state index in [0.29, 0.717) is 5.92 Å². The first-order valence-electron chi connectivity index (χ1n) is 8.46. The third-order valence-corrected chi connectivity index (χ3v) is 5.13. The van der Waals surface area contributed by atoms with Crippen LogP contribution in [0.15, 0.2) is 0 Å². The Morgan fingerprint density at radius 1 is 1.20 bits per heavy atom. The standard InChI is InChI=1S/C16H31N3O/c1-3-13-5-8-17-15(11-13)16(20)18-12-14-6-9-19(4-2)10-7-14/h13-15,17H,3-12H2,1-2H3,(H,18,20). The van der Waals surface area contributed by atoms with Crippen LogP contribution < -0.4 is 10.6 Å². The van der Waals surface area contributed by atoms with Crippen LogP contribution in [-0.2, 0) is 4.79 Å².